The highest BCUT2D eigenvalue weighted by Crippen LogP contribution is 2.34. The molecule has 0 aliphatic carbocycles. The van der Waals surface area contributed by atoms with Crippen LogP contribution in [0.1, 0.15) is 29.1 Å². The van der Waals surface area contributed by atoms with Gasteiger partial charge in [0.15, 0.2) is 5.76 Å². The molecule has 8 heteroatoms. The lowest BCUT2D eigenvalue weighted by Crippen LogP contribution is -2.37. The van der Waals surface area contributed by atoms with Crippen molar-refractivity contribution < 1.29 is 14.1 Å². The number of fused-ring (bicyclic) bond motifs is 1. The summed E-state index contributed by atoms with van der Waals surface area (Å²) in [5, 5.41) is 5.90. The number of pyridine rings is 1. The number of halogens is 1. The Labute approximate surface area is 242 Å². The normalized spacial score (nSPS) is 14.4. The molecule has 208 valence electrons. The maximum atomic E-state index is 13.8. The Balaban J connectivity index is 1.26. The molecule has 0 unspecified atom stereocenters. The van der Waals surface area contributed by atoms with Crippen molar-refractivity contribution in [1.29, 1.82) is 0 Å². The van der Waals surface area contributed by atoms with Gasteiger partial charge in [-0.05, 0) is 61.0 Å². The van der Waals surface area contributed by atoms with Crippen LogP contribution >= 0.6 is 11.6 Å². The summed E-state index contributed by atoms with van der Waals surface area (Å²) >= 11 is 6.36. The van der Waals surface area contributed by atoms with E-state index in [9.17, 15) is 9.59 Å². The number of benzene rings is 3. The van der Waals surface area contributed by atoms with Crippen molar-refractivity contribution in [2.45, 2.75) is 25.9 Å². The van der Waals surface area contributed by atoms with Gasteiger partial charge in [-0.2, -0.15) is 0 Å². The molecule has 0 saturated carbocycles. The Morgan fingerprint density at radius 1 is 0.951 bits per heavy atom. The second kappa shape index (κ2) is 11.7. The lowest BCUT2D eigenvalue weighted by atomic mass is 9.93. The summed E-state index contributed by atoms with van der Waals surface area (Å²) in [5.74, 6) is 0.502. The molecule has 1 aliphatic heterocycles. The van der Waals surface area contributed by atoms with E-state index in [1.807, 2.05) is 66.7 Å². The van der Waals surface area contributed by atoms with Gasteiger partial charge in [0, 0.05) is 34.1 Å². The minimum Gasteiger partial charge on any atom is -0.464 e. The van der Waals surface area contributed by atoms with Gasteiger partial charge in [0.2, 0.25) is 0 Å². The monoisotopic (exact) mass is 567 g/mol. The van der Waals surface area contributed by atoms with E-state index in [0.29, 0.717) is 34.4 Å². The van der Waals surface area contributed by atoms with E-state index in [2.05, 4.69) is 10.1 Å². The van der Waals surface area contributed by atoms with Crippen molar-refractivity contribution in [2.75, 3.05) is 20.2 Å². The number of hydrogen-bond acceptors (Lipinski definition) is 6. The van der Waals surface area contributed by atoms with Gasteiger partial charge < -0.3 is 13.8 Å². The summed E-state index contributed by atoms with van der Waals surface area (Å²) in [6.45, 7) is 2.80. The molecule has 0 spiro atoms. The van der Waals surface area contributed by atoms with Crippen LogP contribution in [0.15, 0.2) is 94.2 Å². The fourth-order valence-electron chi connectivity index (χ4n) is 5.74. The van der Waals surface area contributed by atoms with E-state index in [-0.39, 0.29) is 17.2 Å². The van der Waals surface area contributed by atoms with Gasteiger partial charge in [-0.25, -0.2) is 4.79 Å². The topological polar surface area (TPSA) is 77.6 Å². The molecule has 41 heavy (non-hydrogen) atoms. The van der Waals surface area contributed by atoms with Gasteiger partial charge in [-0.1, -0.05) is 77.4 Å². The standard InChI is InChI=1S/C33H30ClN3O4/c1-40-33(39)31-30(24-10-6-3-7-11-24)28-18-25(34)12-13-27(28)32(38)37(31)20-22-14-16-36(17-15-22)21-26-19-29(35-41-26)23-8-4-2-5-9-23/h2-13,18-19,22H,14-17,20-21H2,1H3. The lowest BCUT2D eigenvalue weighted by Gasteiger charge is -2.32. The molecule has 7 nitrogen and oxygen atoms in total. The van der Waals surface area contributed by atoms with E-state index in [1.54, 1.807) is 22.8 Å². The van der Waals surface area contributed by atoms with Gasteiger partial charge in [-0.15, -0.1) is 0 Å². The molecular formula is C33H30ClN3O4. The van der Waals surface area contributed by atoms with Gasteiger partial charge in [0.1, 0.15) is 11.4 Å². The third-order valence-electron chi connectivity index (χ3n) is 7.83. The van der Waals surface area contributed by atoms with E-state index in [1.165, 1.54) is 7.11 Å². The predicted octanol–water partition coefficient (Wildman–Crippen LogP) is 6.68. The highest BCUT2D eigenvalue weighted by atomic mass is 35.5. The molecule has 1 aliphatic rings. The average molecular weight is 568 g/mol. The Bertz CT molecular complexity index is 1740. The second-order valence-electron chi connectivity index (χ2n) is 10.5. The molecule has 5 aromatic rings. The highest BCUT2D eigenvalue weighted by molar-refractivity contribution is 6.31. The minimum absolute atomic E-state index is 0.214. The van der Waals surface area contributed by atoms with E-state index < -0.39 is 5.97 Å². The van der Waals surface area contributed by atoms with Gasteiger partial charge in [0.05, 0.1) is 13.7 Å². The quantitative estimate of drug-likeness (QED) is 0.204. The van der Waals surface area contributed by atoms with Gasteiger partial charge >= 0.3 is 5.97 Å². The zero-order valence-corrected chi connectivity index (χ0v) is 23.5. The smallest absolute Gasteiger partial charge is 0.355 e. The number of likely N-dealkylation sites (tertiary alicyclic amines) is 1. The summed E-state index contributed by atoms with van der Waals surface area (Å²) in [6.07, 6.45) is 1.76. The molecule has 0 amide bonds. The largest absolute Gasteiger partial charge is 0.464 e. The van der Waals surface area contributed by atoms with Crippen LogP contribution in [0.3, 0.4) is 0 Å². The average Bonchev–Trinajstić information content (AvgIpc) is 3.48. The molecule has 0 N–H and O–H groups in total. The zero-order valence-electron chi connectivity index (χ0n) is 22.8. The maximum absolute atomic E-state index is 13.8. The Kier molecular flexibility index (Phi) is 7.72. The number of nitrogens with zero attached hydrogens (tertiary/aromatic N) is 3. The zero-order chi connectivity index (χ0) is 28.3. The first kappa shape index (κ1) is 27.0. The van der Waals surface area contributed by atoms with Crippen molar-refractivity contribution in [1.82, 2.24) is 14.6 Å². The maximum Gasteiger partial charge on any atom is 0.355 e. The van der Waals surface area contributed by atoms with E-state index >= 15 is 0 Å². The summed E-state index contributed by atoms with van der Waals surface area (Å²) in [4.78, 5) is 29.5. The third kappa shape index (κ3) is 5.56. The number of carbonyl (C=O) groups is 1. The molecule has 0 bridgehead atoms. The predicted molar refractivity (Wildman–Crippen MR) is 160 cm³/mol. The van der Waals surface area contributed by atoms with Crippen LogP contribution in [0.2, 0.25) is 5.02 Å². The first-order valence-electron chi connectivity index (χ1n) is 13.7. The molecule has 0 radical (unpaired) electrons. The van der Waals surface area contributed by atoms with Gasteiger partial charge in [0.25, 0.3) is 5.56 Å². The van der Waals surface area contributed by atoms with Crippen LogP contribution in [0.5, 0.6) is 0 Å². The first-order valence-corrected chi connectivity index (χ1v) is 14.1. The molecule has 1 saturated heterocycles. The fraction of sp³-hybridized carbons (Fsp3) is 0.242. The summed E-state index contributed by atoms with van der Waals surface area (Å²) in [7, 11) is 1.35. The fourth-order valence-corrected chi connectivity index (χ4v) is 5.91. The number of carbonyl (C=O) groups excluding carboxylic acids is 1. The summed E-state index contributed by atoms with van der Waals surface area (Å²) in [6, 6.07) is 26.8. The molecule has 2 aromatic heterocycles. The SMILES string of the molecule is COC(=O)c1c(-c2ccccc2)c2cc(Cl)ccc2c(=O)n1CC1CCN(Cc2cc(-c3ccccc3)no2)CC1. The number of ether oxygens (including phenoxy) is 1. The minimum atomic E-state index is -0.542. The van der Waals surface area contributed by atoms with Crippen LogP contribution < -0.4 is 5.56 Å². The van der Waals surface area contributed by atoms with Gasteiger partial charge in [-0.3, -0.25) is 9.69 Å². The molecule has 3 aromatic carbocycles. The molecule has 1 fully saturated rings. The molecule has 3 heterocycles. The number of esters is 1. The number of piperidine rings is 1. The Hall–Kier alpha value is -4.20. The summed E-state index contributed by atoms with van der Waals surface area (Å²) in [5.41, 5.74) is 3.39. The van der Waals surface area contributed by atoms with Crippen molar-refractivity contribution in [3.63, 3.8) is 0 Å². The Morgan fingerprint density at radius 2 is 1.63 bits per heavy atom. The van der Waals surface area contributed by atoms with Crippen molar-refractivity contribution in [2.24, 2.45) is 5.92 Å². The number of hydrogen-bond donors (Lipinski definition) is 0. The second-order valence-corrected chi connectivity index (χ2v) is 10.9. The molecule has 6 rings (SSSR count). The lowest BCUT2D eigenvalue weighted by molar-refractivity contribution is 0.0584. The van der Waals surface area contributed by atoms with Crippen molar-refractivity contribution >= 4 is 28.3 Å². The van der Waals surface area contributed by atoms with Crippen LogP contribution in [0.25, 0.3) is 33.2 Å². The number of aromatic nitrogens is 2. The van der Waals surface area contributed by atoms with E-state index in [0.717, 1.165) is 48.5 Å². The van der Waals surface area contributed by atoms with Crippen LogP contribution in [-0.2, 0) is 17.8 Å². The first-order chi connectivity index (χ1) is 20.0. The molecule has 0 atom stereocenters. The summed E-state index contributed by atoms with van der Waals surface area (Å²) < 4.78 is 12.5. The number of methoxy groups -OCH3 is 1. The molecular weight excluding hydrogens is 538 g/mol. The highest BCUT2D eigenvalue weighted by Gasteiger charge is 2.28. The van der Waals surface area contributed by atoms with Crippen LogP contribution in [-0.4, -0.2) is 40.8 Å². The number of rotatable bonds is 7. The van der Waals surface area contributed by atoms with Crippen LogP contribution in [0.4, 0.5) is 0 Å². The third-order valence-corrected chi connectivity index (χ3v) is 8.07. The van der Waals surface area contributed by atoms with E-state index in [4.69, 9.17) is 20.9 Å². The Morgan fingerprint density at radius 3 is 2.32 bits per heavy atom. The van der Waals surface area contributed by atoms with Crippen molar-refractivity contribution in [3.05, 3.63) is 112 Å². The van der Waals surface area contributed by atoms with Crippen molar-refractivity contribution in [3.8, 4) is 22.4 Å². The van der Waals surface area contributed by atoms with Crippen LogP contribution in [0, 0.1) is 5.92 Å².